The summed E-state index contributed by atoms with van der Waals surface area (Å²) in [5.41, 5.74) is 10.4. The molecule has 125 heavy (non-hydrogen) atoms. The van der Waals surface area contributed by atoms with E-state index in [4.69, 9.17) is 4.84 Å². The van der Waals surface area contributed by atoms with E-state index >= 15 is 0 Å². The number of hydrogen-bond acceptors (Lipinski definition) is 10. The largest absolute Gasteiger partial charge is 0.392 e. The zero-order valence-corrected chi connectivity index (χ0v) is 91.4. The molecule has 1 saturated carbocycles. The standard InChI is InChI=1S/C14H26N2O2.C13H23NO.C13H25N.C13H26.C12H21NO2.C12H15NO.C12H17N.C11H21NO.2C5H12/c1-9-11(17)16(14(6,7)8)10(2)12(18)15(9)13(3,4)5;1-9-8-10(12(2,3)4)11(15)14(9)13(5,6)7;1-10-11(12(2,3)4)8-9-14(10)13(5,6)7;1-12(2,3)10-7-8-11(9-10)13(4,5)6;1-11(2,3)8-7-9(14)13(10(8)15)12(4,5)6;1-12(2,3)13-8-9-6-4-5-7-10(9)11(13)14;1-12(2,3)13-8-10-6-4-5-7-11(10)9-13;1-10(2,3)8-7-9(13-12-8)11(4,5)6;2*1-5(2,3)4/h9-10H,1-8H3;10H,1,8H2,2-7H3;11H,1,8-9H2,2-7H3;10-11H,7-9H2,1-6H3;8H,7H2,1-6H3;4-7H,8H2,1-3H3;4-7H,8-9H2,1-3H3;9H,7H2,1-6H3;2*1-4H3. The Labute approximate surface area is 771 Å². The number of oxime groups is 1. The quantitative estimate of drug-likeness (QED) is 0.235. The van der Waals surface area contributed by atoms with Crippen molar-refractivity contribution >= 4 is 41.2 Å². The fourth-order valence-electron chi connectivity index (χ4n) is 16.9. The molecular formula is C110H198N8O7. The van der Waals surface area contributed by atoms with Crippen LogP contribution in [0.15, 0.2) is 78.2 Å². The molecule has 2 aromatic carbocycles. The van der Waals surface area contributed by atoms with Gasteiger partial charge in [0.1, 0.15) is 18.2 Å². The summed E-state index contributed by atoms with van der Waals surface area (Å²) in [5, 5.41) is 4.17. The Balaban J connectivity index is 0.000000704. The molecular weight excluding hydrogens is 1550 g/mol. The van der Waals surface area contributed by atoms with Gasteiger partial charge in [-0.1, -0.05) is 262 Å². The Morgan fingerprint density at radius 3 is 0.928 bits per heavy atom. The summed E-state index contributed by atoms with van der Waals surface area (Å²) in [4.78, 5) is 92.2. The molecule has 10 rings (SSSR count). The van der Waals surface area contributed by atoms with Crippen molar-refractivity contribution < 1.29 is 33.6 Å². The lowest BCUT2D eigenvalue weighted by Gasteiger charge is -2.52. The van der Waals surface area contributed by atoms with Crippen LogP contribution in [0.3, 0.4) is 0 Å². The van der Waals surface area contributed by atoms with Gasteiger partial charge >= 0.3 is 0 Å². The van der Waals surface area contributed by atoms with E-state index in [1.54, 1.807) is 9.80 Å². The number of carbonyl (C=O) groups is 6. The molecule has 2 aromatic rings. The maximum absolute atomic E-state index is 12.5. The van der Waals surface area contributed by atoms with E-state index < -0.39 is 17.6 Å². The number of nitrogens with zero attached hydrogens (tertiary/aromatic N) is 8. The van der Waals surface area contributed by atoms with Crippen molar-refractivity contribution in [2.75, 3.05) is 6.54 Å². The number of carbonyl (C=O) groups excluding carboxylic acids is 6. The van der Waals surface area contributed by atoms with Crippen molar-refractivity contribution in [1.29, 1.82) is 0 Å². The second kappa shape index (κ2) is 42.6. The van der Waals surface area contributed by atoms with E-state index in [2.05, 4.69) is 315 Å². The van der Waals surface area contributed by atoms with Crippen LogP contribution in [0.5, 0.6) is 0 Å². The Morgan fingerprint density at radius 1 is 0.352 bits per heavy atom. The molecule has 0 spiro atoms. The van der Waals surface area contributed by atoms with Crippen LogP contribution in [0, 0.1) is 78.3 Å². The molecule has 0 bridgehead atoms. The van der Waals surface area contributed by atoms with Gasteiger partial charge in [0.15, 0.2) is 0 Å². The van der Waals surface area contributed by atoms with Crippen LogP contribution in [-0.4, -0.2) is 139 Å². The maximum atomic E-state index is 12.5. The molecule has 7 heterocycles. The third-order valence-electron chi connectivity index (χ3n) is 24.3. The highest BCUT2D eigenvalue weighted by Gasteiger charge is 2.52. The van der Waals surface area contributed by atoms with Gasteiger partial charge in [0.05, 0.1) is 11.6 Å². The van der Waals surface area contributed by atoms with E-state index in [-0.39, 0.29) is 103 Å². The Hall–Kier alpha value is -5.83. The predicted molar refractivity (Wildman–Crippen MR) is 535 cm³/mol. The van der Waals surface area contributed by atoms with Crippen LogP contribution in [0.25, 0.3) is 0 Å². The highest BCUT2D eigenvalue weighted by atomic mass is 16.6. The number of allylic oxidation sites excluding steroid dienone is 2. The van der Waals surface area contributed by atoms with Crippen molar-refractivity contribution in [3.05, 3.63) is 95.3 Å². The number of likely N-dealkylation sites (tertiary alicyclic amines) is 3. The molecule has 1 aliphatic carbocycles. The molecule has 0 aromatic heterocycles. The second-order valence-electron chi connectivity index (χ2n) is 54.9. The van der Waals surface area contributed by atoms with Gasteiger partial charge in [0.25, 0.3) is 5.91 Å². The SMILES string of the molecule is C=C1C(C(C)(C)C)CCN1C(C)(C)C.C=C1CC(C(C)(C)C)C(=O)N1C(C)(C)C.CC(C)(C)C.CC(C)(C)C.CC(C)(C)C1=NOC(C(C)(C)C)C1.CC(C)(C)C1CC(=O)N(C(C)(C)C)C1=O.CC(C)(C)C1CCC(C(C)(C)C)C1.CC(C)(C)N1Cc2ccccc2C1.CC(C)(C)N1Cc2ccccc2C1=O.CC1C(=O)N(C(C)(C)C)C(C)C(=O)N1C(C)(C)C. The minimum absolute atomic E-state index is 0.0139. The Bertz CT molecular complexity index is 3680. The number of fused-ring (bicyclic) bond motifs is 2. The molecule has 15 nitrogen and oxygen atoms in total. The van der Waals surface area contributed by atoms with Crippen molar-refractivity contribution in [2.45, 2.75) is 482 Å². The molecule has 5 fully saturated rings. The second-order valence-corrected chi connectivity index (χ2v) is 54.9. The third kappa shape index (κ3) is 37.2. The third-order valence-corrected chi connectivity index (χ3v) is 24.3. The van der Waals surface area contributed by atoms with Crippen LogP contribution in [-0.2, 0) is 48.4 Å². The van der Waals surface area contributed by atoms with Gasteiger partial charge in [-0.05, 0) is 264 Å². The van der Waals surface area contributed by atoms with Gasteiger partial charge in [-0.3, -0.25) is 38.6 Å². The molecule has 7 aliphatic heterocycles. The number of benzene rings is 2. The van der Waals surface area contributed by atoms with Gasteiger partial charge in [-0.15, -0.1) is 0 Å². The maximum Gasteiger partial charge on any atom is 0.254 e. The number of hydrogen-bond donors (Lipinski definition) is 0. The number of amides is 6. The fourth-order valence-corrected chi connectivity index (χ4v) is 16.9. The van der Waals surface area contributed by atoms with Gasteiger partial charge in [-0.25, -0.2) is 0 Å². The number of rotatable bonds is 0. The normalized spacial score (nSPS) is 22.6. The van der Waals surface area contributed by atoms with Crippen molar-refractivity contribution in [1.82, 2.24) is 34.3 Å². The van der Waals surface area contributed by atoms with Crippen LogP contribution in [0.1, 0.15) is 432 Å². The van der Waals surface area contributed by atoms with Crippen LogP contribution in [0.4, 0.5) is 0 Å². The summed E-state index contributed by atoms with van der Waals surface area (Å²) in [5.74, 6) is 2.90. The molecule has 0 N–H and O–H groups in total. The predicted octanol–water partition coefficient (Wildman–Crippen LogP) is 28.2. The van der Waals surface area contributed by atoms with E-state index in [9.17, 15) is 28.8 Å². The first-order valence-corrected chi connectivity index (χ1v) is 47.6. The Morgan fingerprint density at radius 2 is 0.696 bits per heavy atom. The lowest BCUT2D eigenvalue weighted by atomic mass is 9.75. The van der Waals surface area contributed by atoms with Gasteiger partial charge in [0.2, 0.25) is 29.5 Å². The van der Waals surface area contributed by atoms with Crippen LogP contribution in [0.2, 0.25) is 0 Å². The smallest absolute Gasteiger partial charge is 0.254 e. The molecule has 4 saturated heterocycles. The lowest BCUT2D eigenvalue weighted by Crippen LogP contribution is -2.70. The van der Waals surface area contributed by atoms with E-state index in [1.165, 1.54) is 59.7 Å². The molecule has 720 valence electrons. The first-order chi connectivity index (χ1) is 55.1. The molecule has 0 radical (unpaired) electrons. The van der Waals surface area contributed by atoms with Gasteiger partial charge in [0, 0.05) is 117 Å². The summed E-state index contributed by atoms with van der Waals surface area (Å²) in [6.45, 7) is 124. The summed E-state index contributed by atoms with van der Waals surface area (Å²) < 4.78 is 0. The van der Waals surface area contributed by atoms with E-state index in [0.29, 0.717) is 45.0 Å². The van der Waals surface area contributed by atoms with Crippen molar-refractivity contribution in [3.63, 3.8) is 0 Å². The number of imide groups is 1. The number of piperazine rings is 1. The zero-order valence-electron chi connectivity index (χ0n) is 91.4. The highest BCUT2D eigenvalue weighted by molar-refractivity contribution is 6.04. The van der Waals surface area contributed by atoms with Crippen molar-refractivity contribution in [2.24, 2.45) is 83.5 Å². The monoisotopic (exact) mass is 1740 g/mol. The van der Waals surface area contributed by atoms with Gasteiger partial charge < -0.3 is 29.3 Å². The fraction of sp³-hybridized carbons (Fsp3) is 0.791. The first kappa shape index (κ1) is 117. The molecule has 8 unspecified atom stereocenters. The summed E-state index contributed by atoms with van der Waals surface area (Å²) in [6.07, 6.45) is 8.01. The topological polar surface area (TPSA) is 147 Å². The molecule has 15 heteroatoms. The summed E-state index contributed by atoms with van der Waals surface area (Å²) in [6, 6.07) is 15.8. The van der Waals surface area contributed by atoms with Gasteiger partial charge in [-0.2, -0.15) is 0 Å². The summed E-state index contributed by atoms with van der Waals surface area (Å²) >= 11 is 0. The molecule has 6 amide bonds. The average Bonchev–Trinajstić information content (AvgIpc) is 1.75. The van der Waals surface area contributed by atoms with E-state index in [0.717, 1.165) is 61.1 Å². The lowest BCUT2D eigenvalue weighted by molar-refractivity contribution is -0.171. The minimum Gasteiger partial charge on any atom is -0.392 e. The molecule has 8 atom stereocenters. The van der Waals surface area contributed by atoms with Crippen LogP contribution < -0.4 is 0 Å². The van der Waals surface area contributed by atoms with Crippen molar-refractivity contribution in [3.8, 4) is 0 Å². The first-order valence-electron chi connectivity index (χ1n) is 47.6. The van der Waals surface area contributed by atoms with Crippen LogP contribution >= 0.6 is 0 Å². The Kier molecular flexibility index (Phi) is 39.9. The zero-order chi connectivity index (χ0) is 99.0. The summed E-state index contributed by atoms with van der Waals surface area (Å²) in [7, 11) is 0. The highest BCUT2D eigenvalue weighted by Crippen LogP contribution is 2.49. The molecule has 8 aliphatic rings. The average molecular weight is 1740 g/mol. The minimum atomic E-state index is -0.395. The van der Waals surface area contributed by atoms with E-state index in [1.807, 2.05) is 131 Å².